The first-order valence-corrected chi connectivity index (χ1v) is 6.69. The van der Waals surface area contributed by atoms with Crippen LogP contribution in [0.3, 0.4) is 0 Å². The Morgan fingerprint density at radius 1 is 1.28 bits per heavy atom. The maximum absolute atomic E-state index is 6.09. The van der Waals surface area contributed by atoms with E-state index in [1.807, 2.05) is 0 Å². The first-order chi connectivity index (χ1) is 8.72. The van der Waals surface area contributed by atoms with Gasteiger partial charge in [0.15, 0.2) is 0 Å². The van der Waals surface area contributed by atoms with Crippen molar-refractivity contribution in [3.63, 3.8) is 0 Å². The van der Waals surface area contributed by atoms with Crippen LogP contribution in [0.1, 0.15) is 18.4 Å². The zero-order valence-electron chi connectivity index (χ0n) is 11.6. The van der Waals surface area contributed by atoms with Gasteiger partial charge in [0, 0.05) is 32.8 Å². The third-order valence-electron chi connectivity index (χ3n) is 3.09. The second-order valence-corrected chi connectivity index (χ2v) is 4.89. The quantitative estimate of drug-likeness (QED) is 0.680. The highest BCUT2D eigenvalue weighted by Gasteiger charge is 2.06. The zero-order chi connectivity index (χ0) is 13.2. The van der Waals surface area contributed by atoms with Crippen LogP contribution < -0.4 is 5.73 Å². The Balaban J connectivity index is 2.15. The minimum Gasteiger partial charge on any atom is -0.385 e. The van der Waals surface area contributed by atoms with Gasteiger partial charge in [0.25, 0.3) is 0 Å². The van der Waals surface area contributed by atoms with Gasteiger partial charge in [-0.1, -0.05) is 30.3 Å². The molecule has 0 aliphatic heterocycles. The lowest BCUT2D eigenvalue weighted by atomic mass is 10.1. The van der Waals surface area contributed by atoms with Gasteiger partial charge in [-0.25, -0.2) is 0 Å². The Morgan fingerprint density at radius 2 is 2.00 bits per heavy atom. The molecule has 1 unspecified atom stereocenters. The number of likely N-dealkylation sites (N-methyl/N-ethyl adjacent to an activating group) is 1. The molecule has 1 atom stereocenters. The smallest absolute Gasteiger partial charge is 0.0462 e. The molecule has 0 heterocycles. The second-order valence-electron chi connectivity index (χ2n) is 4.89. The Morgan fingerprint density at radius 3 is 2.67 bits per heavy atom. The normalized spacial score (nSPS) is 12.9. The van der Waals surface area contributed by atoms with Crippen molar-refractivity contribution in [2.75, 3.05) is 33.9 Å². The van der Waals surface area contributed by atoms with Crippen LogP contribution in [-0.2, 0) is 11.2 Å². The summed E-state index contributed by atoms with van der Waals surface area (Å²) in [5.41, 5.74) is 7.47. The molecule has 0 radical (unpaired) electrons. The molecule has 0 aliphatic carbocycles. The van der Waals surface area contributed by atoms with Crippen molar-refractivity contribution in [1.82, 2.24) is 4.90 Å². The van der Waals surface area contributed by atoms with Crippen molar-refractivity contribution in [2.45, 2.75) is 25.3 Å². The van der Waals surface area contributed by atoms with E-state index in [9.17, 15) is 0 Å². The molecule has 2 N–H and O–H groups in total. The number of rotatable bonds is 9. The van der Waals surface area contributed by atoms with Gasteiger partial charge in [0.05, 0.1) is 0 Å². The van der Waals surface area contributed by atoms with Crippen molar-refractivity contribution in [2.24, 2.45) is 5.73 Å². The Hall–Kier alpha value is -0.900. The summed E-state index contributed by atoms with van der Waals surface area (Å²) in [6.07, 6.45) is 3.16. The lowest BCUT2D eigenvalue weighted by Crippen LogP contribution is -2.36. The Bertz CT molecular complexity index is 303. The van der Waals surface area contributed by atoms with Crippen molar-refractivity contribution >= 4 is 0 Å². The number of nitrogens with zero attached hydrogens (tertiary/aromatic N) is 1. The number of benzene rings is 1. The van der Waals surface area contributed by atoms with E-state index in [0.717, 1.165) is 39.0 Å². The standard InChI is InChI=1S/C15H26N2O/c1-17(13-15(16)9-6-12-18-2)11-10-14-7-4-3-5-8-14/h3-5,7-8,15H,6,9-13,16H2,1-2H3. The molecule has 1 rings (SSSR count). The third kappa shape index (κ3) is 6.74. The largest absolute Gasteiger partial charge is 0.385 e. The third-order valence-corrected chi connectivity index (χ3v) is 3.09. The van der Waals surface area contributed by atoms with Crippen molar-refractivity contribution in [3.8, 4) is 0 Å². The fourth-order valence-electron chi connectivity index (χ4n) is 2.04. The first kappa shape index (κ1) is 15.2. The van der Waals surface area contributed by atoms with Crippen molar-refractivity contribution in [1.29, 1.82) is 0 Å². The molecule has 3 heteroatoms. The minimum atomic E-state index is 0.251. The van der Waals surface area contributed by atoms with Gasteiger partial charge in [0.2, 0.25) is 0 Å². The lowest BCUT2D eigenvalue weighted by Gasteiger charge is -2.21. The number of hydrogen-bond acceptors (Lipinski definition) is 3. The van der Waals surface area contributed by atoms with Gasteiger partial charge in [-0.2, -0.15) is 0 Å². The van der Waals surface area contributed by atoms with Gasteiger partial charge < -0.3 is 15.4 Å². The fraction of sp³-hybridized carbons (Fsp3) is 0.600. The SMILES string of the molecule is COCCCC(N)CN(C)CCc1ccccc1. The monoisotopic (exact) mass is 250 g/mol. The molecule has 0 saturated carbocycles. The van der Waals surface area contributed by atoms with Crippen LogP contribution in [0.4, 0.5) is 0 Å². The molecule has 0 saturated heterocycles. The van der Waals surface area contributed by atoms with Crippen LogP contribution in [-0.4, -0.2) is 44.8 Å². The van der Waals surface area contributed by atoms with E-state index in [-0.39, 0.29) is 6.04 Å². The highest BCUT2D eigenvalue weighted by molar-refractivity contribution is 5.14. The predicted molar refractivity (Wildman–Crippen MR) is 76.7 cm³/mol. The maximum Gasteiger partial charge on any atom is 0.0462 e. The van der Waals surface area contributed by atoms with Crippen molar-refractivity contribution < 1.29 is 4.74 Å². The summed E-state index contributed by atoms with van der Waals surface area (Å²) in [7, 11) is 3.87. The first-order valence-electron chi connectivity index (χ1n) is 6.69. The zero-order valence-corrected chi connectivity index (χ0v) is 11.6. The summed E-state index contributed by atoms with van der Waals surface area (Å²) < 4.78 is 5.03. The summed E-state index contributed by atoms with van der Waals surface area (Å²) in [4.78, 5) is 2.31. The Kier molecular flexibility index (Phi) is 7.65. The average molecular weight is 250 g/mol. The van der Waals surface area contributed by atoms with E-state index >= 15 is 0 Å². The van der Waals surface area contributed by atoms with Gasteiger partial charge in [-0.3, -0.25) is 0 Å². The molecule has 1 aromatic rings. The molecule has 102 valence electrons. The highest BCUT2D eigenvalue weighted by Crippen LogP contribution is 2.02. The Labute approximate surface area is 111 Å². The topological polar surface area (TPSA) is 38.5 Å². The fourth-order valence-corrected chi connectivity index (χ4v) is 2.04. The molecule has 0 spiro atoms. The van der Waals surface area contributed by atoms with E-state index in [4.69, 9.17) is 10.5 Å². The van der Waals surface area contributed by atoms with Gasteiger partial charge in [-0.15, -0.1) is 0 Å². The summed E-state index contributed by atoms with van der Waals surface area (Å²) in [6.45, 7) is 2.82. The van der Waals surface area contributed by atoms with E-state index < -0.39 is 0 Å². The molecule has 0 aliphatic rings. The van der Waals surface area contributed by atoms with Crippen LogP contribution in [0.2, 0.25) is 0 Å². The number of nitrogens with two attached hydrogens (primary N) is 1. The number of hydrogen-bond donors (Lipinski definition) is 1. The van der Waals surface area contributed by atoms with Crippen LogP contribution in [0.15, 0.2) is 30.3 Å². The number of ether oxygens (including phenoxy) is 1. The second kappa shape index (κ2) is 9.09. The van der Waals surface area contributed by atoms with Crippen molar-refractivity contribution in [3.05, 3.63) is 35.9 Å². The van der Waals surface area contributed by atoms with E-state index in [1.165, 1.54) is 5.56 Å². The van der Waals surface area contributed by atoms with Gasteiger partial charge in [0.1, 0.15) is 0 Å². The molecule has 1 aromatic carbocycles. The molecule has 0 aromatic heterocycles. The molecule has 18 heavy (non-hydrogen) atoms. The molecular weight excluding hydrogens is 224 g/mol. The molecule has 0 fully saturated rings. The minimum absolute atomic E-state index is 0.251. The van der Waals surface area contributed by atoms with Crippen LogP contribution in [0, 0.1) is 0 Å². The summed E-state index contributed by atoms with van der Waals surface area (Å²) in [5, 5.41) is 0. The van der Waals surface area contributed by atoms with E-state index in [2.05, 4.69) is 42.3 Å². The van der Waals surface area contributed by atoms with Crippen LogP contribution in [0.25, 0.3) is 0 Å². The highest BCUT2D eigenvalue weighted by atomic mass is 16.5. The summed E-state index contributed by atoms with van der Waals surface area (Å²) in [6, 6.07) is 10.8. The van der Waals surface area contributed by atoms with Crippen LogP contribution >= 0.6 is 0 Å². The molecule has 0 amide bonds. The van der Waals surface area contributed by atoms with Gasteiger partial charge >= 0.3 is 0 Å². The number of methoxy groups -OCH3 is 1. The molecular formula is C15H26N2O. The molecule has 0 bridgehead atoms. The van der Waals surface area contributed by atoms with E-state index in [0.29, 0.717) is 0 Å². The predicted octanol–water partition coefficient (Wildman–Crippen LogP) is 1.91. The van der Waals surface area contributed by atoms with Gasteiger partial charge in [-0.05, 0) is 31.9 Å². The average Bonchev–Trinajstić information content (AvgIpc) is 2.38. The lowest BCUT2D eigenvalue weighted by molar-refractivity contribution is 0.187. The van der Waals surface area contributed by atoms with E-state index in [1.54, 1.807) is 7.11 Å². The maximum atomic E-state index is 6.09. The van der Waals surface area contributed by atoms with Crippen LogP contribution in [0.5, 0.6) is 0 Å². The molecule has 3 nitrogen and oxygen atoms in total. The summed E-state index contributed by atoms with van der Waals surface area (Å²) >= 11 is 0. The summed E-state index contributed by atoms with van der Waals surface area (Å²) in [5.74, 6) is 0.